The van der Waals surface area contributed by atoms with E-state index in [4.69, 9.17) is 9.15 Å². The van der Waals surface area contributed by atoms with Crippen LogP contribution >= 0.6 is 7.60 Å². The van der Waals surface area contributed by atoms with Gasteiger partial charge in [-0.25, -0.2) is 9.55 Å². The Morgan fingerprint density at radius 2 is 1.39 bits per heavy atom. The van der Waals surface area contributed by atoms with E-state index < -0.39 is 18.2 Å². The third kappa shape index (κ3) is 5.44. The molecule has 0 aliphatic heterocycles. The van der Waals surface area contributed by atoms with Crippen LogP contribution in [0.3, 0.4) is 0 Å². The van der Waals surface area contributed by atoms with Crippen LogP contribution in [-0.4, -0.2) is 9.91 Å². The third-order valence-corrected chi connectivity index (χ3v) is 6.78. The van der Waals surface area contributed by atoms with Crippen molar-refractivity contribution in [3.05, 3.63) is 131 Å². The minimum absolute atomic E-state index is 0.181. The lowest BCUT2D eigenvalue weighted by atomic mass is 10.0. The van der Waals surface area contributed by atoms with Crippen LogP contribution in [0.15, 0.2) is 109 Å². The van der Waals surface area contributed by atoms with Gasteiger partial charge in [-0.1, -0.05) is 78.9 Å². The monoisotopic (exact) mass is 461 g/mol. The van der Waals surface area contributed by atoms with Crippen molar-refractivity contribution in [1.29, 1.82) is 0 Å². The summed E-state index contributed by atoms with van der Waals surface area (Å²) in [5.74, 6) is -0.181. The number of nitrogens with one attached hydrogen (secondary N) is 1. The molecule has 33 heavy (non-hydrogen) atoms. The lowest BCUT2D eigenvalue weighted by Gasteiger charge is -2.27. The van der Waals surface area contributed by atoms with E-state index in [1.807, 2.05) is 66.7 Å². The molecular formula is C24H20N3O5P. The molecule has 4 rings (SSSR count). The maximum atomic E-state index is 14.4. The molecule has 0 fully saturated rings. The van der Waals surface area contributed by atoms with Crippen LogP contribution in [0.4, 0.5) is 11.4 Å². The van der Waals surface area contributed by atoms with Crippen molar-refractivity contribution >= 4 is 19.0 Å². The van der Waals surface area contributed by atoms with Gasteiger partial charge in [-0.2, -0.15) is 4.62 Å². The number of nitro groups is 1. The number of pyridine rings is 1. The standard InChI is InChI=1S/C24H20N3O5P/c28-27(29)22-16-17-25-23(18-22)31-33(30,32-26-21-14-8-3-9-15-21)24(19-10-4-1-5-11-19)20-12-6-2-7-13-20/h1-18,24,26H. The molecule has 9 heteroatoms. The summed E-state index contributed by atoms with van der Waals surface area (Å²) < 4.78 is 26.0. The van der Waals surface area contributed by atoms with Crippen LogP contribution in [0.5, 0.6) is 5.88 Å². The lowest BCUT2D eigenvalue weighted by molar-refractivity contribution is -0.385. The number of benzene rings is 3. The van der Waals surface area contributed by atoms with E-state index in [-0.39, 0.29) is 11.6 Å². The fourth-order valence-electron chi connectivity index (χ4n) is 3.27. The van der Waals surface area contributed by atoms with Crippen molar-refractivity contribution in [2.75, 3.05) is 5.48 Å². The first-order valence-electron chi connectivity index (χ1n) is 10.0. The Hall–Kier alpha value is -4.00. The number of hydrogen-bond acceptors (Lipinski definition) is 7. The first-order valence-corrected chi connectivity index (χ1v) is 11.7. The normalized spacial score (nSPS) is 12.6. The molecule has 0 aliphatic rings. The van der Waals surface area contributed by atoms with Crippen LogP contribution in [0.25, 0.3) is 0 Å². The second-order valence-corrected chi connectivity index (χ2v) is 8.99. The maximum Gasteiger partial charge on any atom is 0.413 e. The molecule has 0 aliphatic carbocycles. The van der Waals surface area contributed by atoms with E-state index in [0.717, 1.165) is 6.07 Å². The average Bonchev–Trinajstić information content (AvgIpc) is 2.85. The quantitative estimate of drug-likeness (QED) is 0.175. The van der Waals surface area contributed by atoms with Gasteiger partial charge in [0.15, 0.2) is 0 Å². The van der Waals surface area contributed by atoms with Crippen LogP contribution < -0.4 is 10.0 Å². The molecule has 4 aromatic rings. The number of aromatic nitrogens is 1. The van der Waals surface area contributed by atoms with E-state index in [2.05, 4.69) is 10.5 Å². The van der Waals surface area contributed by atoms with E-state index in [1.54, 1.807) is 24.3 Å². The van der Waals surface area contributed by atoms with Crippen molar-refractivity contribution in [2.45, 2.75) is 5.66 Å². The Morgan fingerprint density at radius 1 is 0.848 bits per heavy atom. The lowest BCUT2D eigenvalue weighted by Crippen LogP contribution is -2.13. The smallest absolute Gasteiger partial charge is 0.404 e. The van der Waals surface area contributed by atoms with Crippen molar-refractivity contribution in [1.82, 2.24) is 4.98 Å². The maximum absolute atomic E-state index is 14.4. The zero-order chi connectivity index (χ0) is 23.1. The molecule has 0 radical (unpaired) electrons. The number of hydrogen-bond donors (Lipinski definition) is 1. The van der Waals surface area contributed by atoms with Crippen molar-refractivity contribution in [3.8, 4) is 5.88 Å². The van der Waals surface area contributed by atoms with Gasteiger partial charge in [0.25, 0.3) is 5.69 Å². The van der Waals surface area contributed by atoms with Gasteiger partial charge in [0, 0.05) is 12.3 Å². The molecule has 1 atom stereocenters. The number of rotatable bonds is 9. The molecule has 1 heterocycles. The van der Waals surface area contributed by atoms with Gasteiger partial charge in [-0.05, 0) is 23.3 Å². The van der Waals surface area contributed by atoms with Gasteiger partial charge in [0.2, 0.25) is 5.88 Å². The molecule has 0 bridgehead atoms. The summed E-state index contributed by atoms with van der Waals surface area (Å²) in [5, 5.41) is 11.2. The second-order valence-electron chi connectivity index (χ2n) is 7.02. The molecule has 1 unspecified atom stereocenters. The Balaban J connectivity index is 1.79. The first kappa shape index (κ1) is 22.2. The van der Waals surface area contributed by atoms with Gasteiger partial charge >= 0.3 is 7.60 Å². The predicted molar refractivity (Wildman–Crippen MR) is 125 cm³/mol. The molecule has 0 amide bonds. The summed E-state index contributed by atoms with van der Waals surface area (Å²) in [5.41, 5.74) is 3.58. The van der Waals surface area contributed by atoms with Gasteiger partial charge < -0.3 is 4.52 Å². The molecular weight excluding hydrogens is 441 g/mol. The van der Waals surface area contributed by atoms with Crippen LogP contribution in [0.1, 0.15) is 16.8 Å². The zero-order valence-corrected chi connectivity index (χ0v) is 18.2. The number of nitrogens with zero attached hydrogens (tertiary/aromatic N) is 2. The highest BCUT2D eigenvalue weighted by atomic mass is 31.2. The summed E-state index contributed by atoms with van der Waals surface area (Å²) in [6.45, 7) is 0. The molecule has 1 N–H and O–H groups in total. The molecule has 3 aromatic carbocycles. The van der Waals surface area contributed by atoms with Gasteiger partial charge in [-0.3, -0.25) is 15.6 Å². The average molecular weight is 461 g/mol. The van der Waals surface area contributed by atoms with E-state index in [9.17, 15) is 14.7 Å². The number of para-hydroxylation sites is 1. The molecule has 8 nitrogen and oxygen atoms in total. The highest BCUT2D eigenvalue weighted by Gasteiger charge is 2.41. The second kappa shape index (κ2) is 10.1. The Labute approximate surface area is 190 Å². The van der Waals surface area contributed by atoms with E-state index in [1.165, 1.54) is 12.3 Å². The summed E-state index contributed by atoms with van der Waals surface area (Å²) in [6.07, 6.45) is 1.22. The molecule has 1 aromatic heterocycles. The van der Waals surface area contributed by atoms with Crippen LogP contribution in [0, 0.1) is 10.1 Å². The molecule has 0 spiro atoms. The summed E-state index contributed by atoms with van der Waals surface area (Å²) >= 11 is 0. The van der Waals surface area contributed by atoms with Crippen molar-refractivity contribution in [2.24, 2.45) is 0 Å². The summed E-state index contributed by atoms with van der Waals surface area (Å²) in [7, 11) is -4.11. The highest BCUT2D eigenvalue weighted by Crippen LogP contribution is 2.63. The topological polar surface area (TPSA) is 104 Å². The fourth-order valence-corrected chi connectivity index (χ4v) is 5.18. The van der Waals surface area contributed by atoms with Gasteiger partial charge in [0.05, 0.1) is 16.7 Å². The zero-order valence-electron chi connectivity index (χ0n) is 17.4. The Morgan fingerprint density at radius 3 is 1.94 bits per heavy atom. The van der Waals surface area contributed by atoms with E-state index in [0.29, 0.717) is 16.8 Å². The van der Waals surface area contributed by atoms with Gasteiger partial charge in [-0.15, -0.1) is 0 Å². The summed E-state index contributed by atoms with van der Waals surface area (Å²) in [6, 6.07) is 29.5. The molecule has 0 saturated heterocycles. The van der Waals surface area contributed by atoms with Crippen LogP contribution in [-0.2, 0) is 9.19 Å². The van der Waals surface area contributed by atoms with Gasteiger partial charge in [0.1, 0.15) is 5.66 Å². The number of anilines is 1. The largest absolute Gasteiger partial charge is 0.413 e. The third-order valence-electron chi connectivity index (χ3n) is 4.76. The van der Waals surface area contributed by atoms with E-state index >= 15 is 0 Å². The summed E-state index contributed by atoms with van der Waals surface area (Å²) in [4.78, 5) is 14.7. The fraction of sp³-hybridized carbons (Fsp3) is 0.0417. The Kier molecular flexibility index (Phi) is 6.78. The van der Waals surface area contributed by atoms with Crippen molar-refractivity contribution < 1.29 is 18.6 Å². The van der Waals surface area contributed by atoms with Crippen LogP contribution in [0.2, 0.25) is 0 Å². The first-order chi connectivity index (χ1) is 16.0. The molecule has 0 saturated carbocycles. The highest BCUT2D eigenvalue weighted by molar-refractivity contribution is 7.55. The minimum Gasteiger partial charge on any atom is -0.404 e. The SMILES string of the molecule is O=[N+]([O-])c1ccnc(OP(=O)(ONc2ccccc2)C(c2ccccc2)c2ccccc2)c1. The van der Waals surface area contributed by atoms with Crippen molar-refractivity contribution in [3.63, 3.8) is 0 Å². The predicted octanol–water partition coefficient (Wildman–Crippen LogP) is 6.40. The minimum atomic E-state index is -4.11. The Bertz CT molecular complexity index is 1220. The molecule has 166 valence electrons.